The lowest BCUT2D eigenvalue weighted by atomic mass is 9.84. The van der Waals surface area contributed by atoms with Crippen LogP contribution in [0.3, 0.4) is 0 Å². The third kappa shape index (κ3) is 1.52. The Kier molecular flexibility index (Phi) is 2.24. The van der Waals surface area contributed by atoms with E-state index >= 15 is 0 Å². The average Bonchev–Trinajstić information content (AvgIpc) is 2.70. The summed E-state index contributed by atoms with van der Waals surface area (Å²) in [5, 5.41) is 7.77. The molecule has 0 aliphatic heterocycles. The Morgan fingerprint density at radius 3 is 2.56 bits per heavy atom. The third-order valence-electron chi connectivity index (χ3n) is 3.45. The van der Waals surface area contributed by atoms with Crippen LogP contribution in [0.5, 0.6) is 0 Å². The summed E-state index contributed by atoms with van der Waals surface area (Å²) in [5.74, 6) is 0. The Bertz CT molecular complexity index is 732. The quantitative estimate of drug-likeness (QED) is 0.573. The largest absolute Gasteiger partial charge is 0.356 e. The van der Waals surface area contributed by atoms with Crippen molar-refractivity contribution < 1.29 is 4.52 Å². The van der Waals surface area contributed by atoms with Gasteiger partial charge in [-0.1, -0.05) is 50.2 Å². The molecule has 0 aliphatic rings. The number of benzene rings is 2. The monoisotopic (exact) mass is 239 g/mol. The first kappa shape index (κ1) is 11.3. The van der Waals surface area contributed by atoms with E-state index in [2.05, 4.69) is 56.3 Å². The maximum absolute atomic E-state index is 5.56. The Labute approximate surface area is 107 Å². The van der Waals surface area contributed by atoms with E-state index in [1.54, 1.807) is 0 Å². The molecule has 92 valence electrons. The molecule has 1 heterocycles. The van der Waals surface area contributed by atoms with E-state index in [4.69, 9.17) is 4.52 Å². The van der Waals surface area contributed by atoms with Crippen LogP contribution in [-0.4, -0.2) is 5.16 Å². The molecular formula is C16H17NO. The van der Waals surface area contributed by atoms with Crippen molar-refractivity contribution in [2.24, 2.45) is 0 Å². The molecule has 0 radical (unpaired) electrons. The maximum atomic E-state index is 5.56. The Morgan fingerprint density at radius 1 is 1.11 bits per heavy atom. The lowest BCUT2D eigenvalue weighted by Gasteiger charge is -2.19. The molecule has 0 atom stereocenters. The van der Waals surface area contributed by atoms with Crippen LogP contribution in [0.25, 0.3) is 21.7 Å². The van der Waals surface area contributed by atoms with Gasteiger partial charge in [-0.25, -0.2) is 0 Å². The van der Waals surface area contributed by atoms with Crippen molar-refractivity contribution in [3.8, 4) is 0 Å². The molecule has 0 spiro atoms. The number of rotatable bonds is 0. The number of nitrogens with zero attached hydrogens (tertiary/aromatic N) is 1. The molecule has 0 fully saturated rings. The van der Waals surface area contributed by atoms with Crippen molar-refractivity contribution >= 4 is 21.7 Å². The van der Waals surface area contributed by atoms with Crippen LogP contribution < -0.4 is 0 Å². The summed E-state index contributed by atoms with van der Waals surface area (Å²) in [6.45, 7) is 8.61. The second kappa shape index (κ2) is 3.58. The molecule has 1 aromatic heterocycles. The smallest absolute Gasteiger partial charge is 0.171 e. The zero-order valence-corrected chi connectivity index (χ0v) is 11.2. The second-order valence-electron chi connectivity index (χ2n) is 5.87. The molecular weight excluding hydrogens is 222 g/mol. The van der Waals surface area contributed by atoms with Gasteiger partial charge in [0.2, 0.25) is 0 Å². The minimum absolute atomic E-state index is 0.0499. The number of aromatic nitrogens is 1. The molecule has 2 aromatic carbocycles. The van der Waals surface area contributed by atoms with E-state index in [0.29, 0.717) is 0 Å². The van der Waals surface area contributed by atoms with Gasteiger partial charge in [0.05, 0.1) is 11.1 Å². The zero-order chi connectivity index (χ0) is 12.9. The number of aryl methyl sites for hydroxylation is 1. The lowest BCUT2D eigenvalue weighted by molar-refractivity contribution is 0.441. The molecule has 0 N–H and O–H groups in total. The van der Waals surface area contributed by atoms with Gasteiger partial charge in [0.1, 0.15) is 0 Å². The zero-order valence-electron chi connectivity index (χ0n) is 11.2. The summed E-state index contributed by atoms with van der Waals surface area (Å²) in [5.41, 5.74) is 3.16. The van der Waals surface area contributed by atoms with Crippen molar-refractivity contribution in [3.63, 3.8) is 0 Å². The van der Waals surface area contributed by atoms with Gasteiger partial charge in [-0.3, -0.25) is 0 Å². The van der Waals surface area contributed by atoms with Crippen LogP contribution in [0, 0.1) is 6.92 Å². The highest BCUT2D eigenvalue weighted by Gasteiger charge is 2.22. The average molecular weight is 239 g/mol. The SMILES string of the molecule is Cc1noc2c(C(C)(C)C)cc3ccccc3c12. The summed E-state index contributed by atoms with van der Waals surface area (Å²) in [7, 11) is 0. The number of fused-ring (bicyclic) bond motifs is 3. The molecule has 0 aliphatic carbocycles. The number of hydrogen-bond donors (Lipinski definition) is 0. The molecule has 0 saturated carbocycles. The maximum Gasteiger partial charge on any atom is 0.171 e. The van der Waals surface area contributed by atoms with E-state index in [-0.39, 0.29) is 5.41 Å². The predicted octanol–water partition coefficient (Wildman–Crippen LogP) is 4.59. The van der Waals surface area contributed by atoms with Crippen molar-refractivity contribution in [2.75, 3.05) is 0 Å². The van der Waals surface area contributed by atoms with E-state index in [9.17, 15) is 0 Å². The molecule has 2 nitrogen and oxygen atoms in total. The fourth-order valence-corrected chi connectivity index (χ4v) is 2.50. The Morgan fingerprint density at radius 2 is 1.83 bits per heavy atom. The summed E-state index contributed by atoms with van der Waals surface area (Å²) in [4.78, 5) is 0. The summed E-state index contributed by atoms with van der Waals surface area (Å²) in [6.07, 6.45) is 0. The third-order valence-corrected chi connectivity index (χ3v) is 3.45. The molecule has 3 rings (SSSR count). The first-order chi connectivity index (χ1) is 8.48. The van der Waals surface area contributed by atoms with Crippen LogP contribution in [0.4, 0.5) is 0 Å². The molecule has 0 saturated heterocycles. The van der Waals surface area contributed by atoms with Gasteiger partial charge >= 0.3 is 0 Å². The van der Waals surface area contributed by atoms with E-state index in [1.807, 2.05) is 6.92 Å². The molecule has 18 heavy (non-hydrogen) atoms. The molecule has 0 amide bonds. The second-order valence-corrected chi connectivity index (χ2v) is 5.87. The number of hydrogen-bond acceptors (Lipinski definition) is 2. The summed E-state index contributed by atoms with van der Waals surface area (Å²) in [6, 6.07) is 10.6. The van der Waals surface area contributed by atoms with Crippen LogP contribution in [0.2, 0.25) is 0 Å². The highest BCUT2D eigenvalue weighted by atomic mass is 16.5. The minimum atomic E-state index is 0.0499. The summed E-state index contributed by atoms with van der Waals surface area (Å²) < 4.78 is 5.56. The van der Waals surface area contributed by atoms with Crippen LogP contribution in [0.1, 0.15) is 32.0 Å². The molecule has 2 heteroatoms. The van der Waals surface area contributed by atoms with E-state index in [1.165, 1.54) is 16.3 Å². The van der Waals surface area contributed by atoms with Crippen LogP contribution in [-0.2, 0) is 5.41 Å². The molecule has 0 unspecified atom stereocenters. The van der Waals surface area contributed by atoms with Gasteiger partial charge in [0.15, 0.2) is 5.58 Å². The topological polar surface area (TPSA) is 26.0 Å². The summed E-state index contributed by atoms with van der Waals surface area (Å²) >= 11 is 0. The van der Waals surface area contributed by atoms with Gasteiger partial charge in [-0.2, -0.15) is 0 Å². The molecule has 3 aromatic rings. The van der Waals surface area contributed by atoms with Gasteiger partial charge in [-0.05, 0) is 29.2 Å². The van der Waals surface area contributed by atoms with Gasteiger partial charge < -0.3 is 4.52 Å². The highest BCUT2D eigenvalue weighted by molar-refractivity contribution is 6.08. The van der Waals surface area contributed by atoms with Crippen molar-refractivity contribution in [3.05, 3.63) is 41.6 Å². The standard InChI is InChI=1S/C16H17NO/c1-10-14-12-8-6-5-7-11(12)9-13(16(2,3)4)15(14)18-17-10/h5-9H,1-4H3. The van der Waals surface area contributed by atoms with Gasteiger partial charge in [0.25, 0.3) is 0 Å². The van der Waals surface area contributed by atoms with Crippen LogP contribution in [0.15, 0.2) is 34.9 Å². The van der Waals surface area contributed by atoms with Gasteiger partial charge in [0, 0.05) is 5.56 Å². The van der Waals surface area contributed by atoms with Crippen molar-refractivity contribution in [1.82, 2.24) is 5.16 Å². The van der Waals surface area contributed by atoms with Crippen molar-refractivity contribution in [1.29, 1.82) is 0 Å². The van der Waals surface area contributed by atoms with Crippen LogP contribution >= 0.6 is 0 Å². The first-order valence-electron chi connectivity index (χ1n) is 6.27. The van der Waals surface area contributed by atoms with Gasteiger partial charge in [-0.15, -0.1) is 0 Å². The highest BCUT2D eigenvalue weighted by Crippen LogP contribution is 2.36. The fourth-order valence-electron chi connectivity index (χ4n) is 2.50. The fraction of sp³-hybridized carbons (Fsp3) is 0.312. The normalized spacial score (nSPS) is 12.4. The molecule has 0 bridgehead atoms. The van der Waals surface area contributed by atoms with Crippen molar-refractivity contribution in [2.45, 2.75) is 33.1 Å². The predicted molar refractivity (Wildman–Crippen MR) is 75.0 cm³/mol. The minimum Gasteiger partial charge on any atom is -0.356 e. The Balaban J connectivity index is 2.57. The van der Waals surface area contributed by atoms with E-state index in [0.717, 1.165) is 16.7 Å². The van der Waals surface area contributed by atoms with E-state index < -0.39 is 0 Å². The Hall–Kier alpha value is -1.83. The first-order valence-corrected chi connectivity index (χ1v) is 6.27. The lowest BCUT2D eigenvalue weighted by Crippen LogP contribution is -2.11.